The van der Waals surface area contributed by atoms with Gasteiger partial charge in [-0.15, -0.1) is 0 Å². The number of nitrogens with two attached hydrogens (primary N) is 1. The van der Waals surface area contributed by atoms with Crippen LogP contribution >= 0.6 is 0 Å². The Labute approximate surface area is 101 Å². The highest BCUT2D eigenvalue weighted by atomic mass is 16.5. The van der Waals surface area contributed by atoms with E-state index in [1.54, 1.807) is 11.9 Å². The van der Waals surface area contributed by atoms with Gasteiger partial charge in [-0.25, -0.2) is 9.97 Å². The van der Waals surface area contributed by atoms with E-state index in [-0.39, 0.29) is 17.7 Å². The Kier molecular flexibility index (Phi) is 4.84. The zero-order valence-electron chi connectivity index (χ0n) is 10.4. The minimum Gasteiger partial charge on any atom is -0.382 e. The second-order valence-corrected chi connectivity index (χ2v) is 3.97. The summed E-state index contributed by atoms with van der Waals surface area (Å²) in [4.78, 5) is 21.2. The van der Waals surface area contributed by atoms with Gasteiger partial charge in [-0.2, -0.15) is 0 Å². The van der Waals surface area contributed by atoms with Crippen molar-refractivity contribution in [1.29, 1.82) is 0 Å². The van der Waals surface area contributed by atoms with Crippen LogP contribution in [-0.2, 0) is 4.74 Å². The van der Waals surface area contributed by atoms with Gasteiger partial charge in [0.05, 0.1) is 25.1 Å². The molecular formula is C11H18N4O2. The van der Waals surface area contributed by atoms with E-state index >= 15 is 0 Å². The summed E-state index contributed by atoms with van der Waals surface area (Å²) in [7, 11) is 1.70. The number of rotatable bonds is 5. The Morgan fingerprint density at radius 2 is 2.18 bits per heavy atom. The van der Waals surface area contributed by atoms with Crippen molar-refractivity contribution >= 4 is 11.7 Å². The highest BCUT2D eigenvalue weighted by Crippen LogP contribution is 2.00. The Balaban J connectivity index is 2.49. The second kappa shape index (κ2) is 6.15. The van der Waals surface area contributed by atoms with Crippen LogP contribution in [0.25, 0.3) is 0 Å². The van der Waals surface area contributed by atoms with E-state index < -0.39 is 0 Å². The maximum Gasteiger partial charge on any atom is 0.273 e. The monoisotopic (exact) mass is 238 g/mol. The minimum atomic E-state index is -0.190. The molecule has 0 aromatic carbocycles. The summed E-state index contributed by atoms with van der Waals surface area (Å²) in [5.41, 5.74) is 5.68. The van der Waals surface area contributed by atoms with Crippen LogP contribution in [0.4, 0.5) is 5.82 Å². The van der Waals surface area contributed by atoms with Crippen LogP contribution in [-0.4, -0.2) is 47.1 Å². The molecule has 0 saturated carbocycles. The third-order valence-electron chi connectivity index (χ3n) is 2.12. The molecule has 0 aliphatic rings. The van der Waals surface area contributed by atoms with Gasteiger partial charge in [-0.1, -0.05) is 0 Å². The van der Waals surface area contributed by atoms with Gasteiger partial charge >= 0.3 is 0 Å². The molecule has 6 nitrogen and oxygen atoms in total. The highest BCUT2D eigenvalue weighted by Gasteiger charge is 2.13. The van der Waals surface area contributed by atoms with Gasteiger partial charge in [0.1, 0.15) is 11.5 Å². The van der Waals surface area contributed by atoms with Gasteiger partial charge in [0.2, 0.25) is 0 Å². The molecule has 0 spiro atoms. The lowest BCUT2D eigenvalue weighted by molar-refractivity contribution is 0.0529. The molecule has 0 aliphatic carbocycles. The molecule has 0 unspecified atom stereocenters. The predicted molar refractivity (Wildman–Crippen MR) is 64.5 cm³/mol. The third kappa shape index (κ3) is 4.36. The molecule has 1 heterocycles. The average molecular weight is 238 g/mol. The van der Waals surface area contributed by atoms with Crippen molar-refractivity contribution < 1.29 is 9.53 Å². The van der Waals surface area contributed by atoms with Crippen molar-refractivity contribution in [2.75, 3.05) is 25.9 Å². The van der Waals surface area contributed by atoms with Crippen molar-refractivity contribution in [3.05, 3.63) is 18.1 Å². The molecule has 17 heavy (non-hydrogen) atoms. The molecular weight excluding hydrogens is 220 g/mol. The standard InChI is InChI=1S/C11H18N4O2/c1-8(2)17-5-4-15(3)11(16)9-6-14-10(12)7-13-9/h6-8H,4-5H2,1-3H3,(H2,12,14). The first-order valence-corrected chi connectivity index (χ1v) is 5.45. The molecule has 1 rings (SSSR count). The molecule has 1 aromatic rings. The van der Waals surface area contributed by atoms with E-state index in [2.05, 4.69) is 9.97 Å². The maximum atomic E-state index is 11.9. The van der Waals surface area contributed by atoms with Crippen LogP contribution in [0.1, 0.15) is 24.3 Å². The van der Waals surface area contributed by atoms with Crippen molar-refractivity contribution in [2.45, 2.75) is 20.0 Å². The van der Waals surface area contributed by atoms with Crippen LogP contribution in [0.3, 0.4) is 0 Å². The smallest absolute Gasteiger partial charge is 0.273 e. The third-order valence-corrected chi connectivity index (χ3v) is 2.12. The van der Waals surface area contributed by atoms with Crippen molar-refractivity contribution in [3.63, 3.8) is 0 Å². The molecule has 2 N–H and O–H groups in total. The van der Waals surface area contributed by atoms with E-state index in [9.17, 15) is 4.79 Å². The van der Waals surface area contributed by atoms with Crippen LogP contribution in [0.15, 0.2) is 12.4 Å². The largest absolute Gasteiger partial charge is 0.382 e. The lowest BCUT2D eigenvalue weighted by Gasteiger charge is -2.17. The zero-order valence-corrected chi connectivity index (χ0v) is 10.4. The van der Waals surface area contributed by atoms with E-state index in [1.807, 2.05) is 13.8 Å². The summed E-state index contributed by atoms with van der Waals surface area (Å²) in [6.07, 6.45) is 2.90. The lowest BCUT2D eigenvalue weighted by atomic mass is 10.4. The fourth-order valence-corrected chi connectivity index (χ4v) is 1.17. The average Bonchev–Trinajstić information content (AvgIpc) is 2.28. The number of nitrogen functional groups attached to an aromatic ring is 1. The van der Waals surface area contributed by atoms with E-state index in [4.69, 9.17) is 10.5 Å². The first-order valence-electron chi connectivity index (χ1n) is 5.45. The normalized spacial score (nSPS) is 10.6. The number of likely N-dealkylation sites (N-methyl/N-ethyl adjacent to an activating group) is 1. The number of ether oxygens (including phenoxy) is 1. The van der Waals surface area contributed by atoms with Gasteiger partial charge in [0.15, 0.2) is 0 Å². The fourth-order valence-electron chi connectivity index (χ4n) is 1.17. The number of carbonyl (C=O) groups is 1. The number of amides is 1. The van der Waals surface area contributed by atoms with Crippen LogP contribution in [0.2, 0.25) is 0 Å². The summed E-state index contributed by atoms with van der Waals surface area (Å²) >= 11 is 0. The van der Waals surface area contributed by atoms with Gasteiger partial charge in [0.25, 0.3) is 5.91 Å². The molecule has 0 fully saturated rings. The van der Waals surface area contributed by atoms with Gasteiger partial charge in [-0.05, 0) is 13.8 Å². The van der Waals surface area contributed by atoms with Gasteiger partial charge in [0, 0.05) is 13.6 Å². The summed E-state index contributed by atoms with van der Waals surface area (Å²) in [6, 6.07) is 0. The molecule has 0 radical (unpaired) electrons. The van der Waals surface area contributed by atoms with Crippen LogP contribution in [0, 0.1) is 0 Å². The number of anilines is 1. The van der Waals surface area contributed by atoms with Crippen LogP contribution < -0.4 is 5.73 Å². The highest BCUT2D eigenvalue weighted by molar-refractivity contribution is 5.91. The zero-order chi connectivity index (χ0) is 12.8. The Morgan fingerprint density at radius 1 is 1.47 bits per heavy atom. The summed E-state index contributed by atoms with van der Waals surface area (Å²) in [5.74, 6) is 0.109. The summed E-state index contributed by atoms with van der Waals surface area (Å²) < 4.78 is 5.37. The number of aromatic nitrogens is 2. The van der Waals surface area contributed by atoms with Crippen molar-refractivity contribution in [2.24, 2.45) is 0 Å². The number of hydrogen-bond acceptors (Lipinski definition) is 5. The van der Waals surface area contributed by atoms with E-state index in [0.29, 0.717) is 19.0 Å². The predicted octanol–water partition coefficient (Wildman–Crippen LogP) is 0.556. The first kappa shape index (κ1) is 13.4. The quantitative estimate of drug-likeness (QED) is 0.810. The molecule has 0 atom stereocenters. The number of nitrogens with zero attached hydrogens (tertiary/aromatic N) is 3. The van der Waals surface area contributed by atoms with Gasteiger partial charge < -0.3 is 15.4 Å². The molecule has 1 aromatic heterocycles. The van der Waals surface area contributed by atoms with Crippen LogP contribution in [0.5, 0.6) is 0 Å². The number of hydrogen-bond donors (Lipinski definition) is 1. The molecule has 0 saturated heterocycles. The van der Waals surface area contributed by atoms with Crippen molar-refractivity contribution in [1.82, 2.24) is 14.9 Å². The summed E-state index contributed by atoms with van der Waals surface area (Å²) in [6.45, 7) is 4.92. The summed E-state index contributed by atoms with van der Waals surface area (Å²) in [5, 5.41) is 0. The Morgan fingerprint density at radius 3 is 2.71 bits per heavy atom. The maximum absolute atomic E-state index is 11.9. The molecule has 1 amide bonds. The SMILES string of the molecule is CC(C)OCCN(C)C(=O)c1cnc(N)cn1. The Bertz CT molecular complexity index is 364. The minimum absolute atomic E-state index is 0.162. The molecule has 94 valence electrons. The second-order valence-electron chi connectivity index (χ2n) is 3.97. The van der Waals surface area contributed by atoms with Gasteiger partial charge in [-0.3, -0.25) is 4.79 Å². The van der Waals surface area contributed by atoms with E-state index in [1.165, 1.54) is 12.4 Å². The van der Waals surface area contributed by atoms with Crippen molar-refractivity contribution in [3.8, 4) is 0 Å². The molecule has 0 bridgehead atoms. The number of carbonyl (C=O) groups excluding carboxylic acids is 1. The molecule has 0 aliphatic heterocycles. The lowest BCUT2D eigenvalue weighted by Crippen LogP contribution is -2.31. The molecule has 6 heteroatoms. The van der Waals surface area contributed by atoms with E-state index in [0.717, 1.165) is 0 Å². The Hall–Kier alpha value is -1.69. The fraction of sp³-hybridized carbons (Fsp3) is 0.545. The first-order chi connectivity index (χ1) is 8.00. The topological polar surface area (TPSA) is 81.3 Å².